The highest BCUT2D eigenvalue weighted by Gasteiger charge is 2.34. The molecule has 7 nitrogen and oxygen atoms in total. The van der Waals surface area contributed by atoms with Crippen LogP contribution in [0.2, 0.25) is 0 Å². The molecule has 0 aliphatic rings. The third kappa shape index (κ3) is 6.12. The van der Waals surface area contributed by atoms with Crippen LogP contribution in [-0.4, -0.2) is 33.4 Å². The van der Waals surface area contributed by atoms with E-state index in [2.05, 4.69) is 9.97 Å². The Hall–Kier alpha value is -1.45. The summed E-state index contributed by atoms with van der Waals surface area (Å²) in [7, 11) is 0. The van der Waals surface area contributed by atoms with Crippen LogP contribution in [0.1, 0.15) is 41.5 Å². The van der Waals surface area contributed by atoms with E-state index in [4.69, 9.17) is 9.47 Å². The zero-order valence-corrected chi connectivity index (χ0v) is 15.7. The Morgan fingerprint density at radius 1 is 0.955 bits per heavy atom. The van der Waals surface area contributed by atoms with E-state index in [9.17, 15) is 9.59 Å². The number of halogens is 1. The molecule has 0 saturated heterocycles. The molecule has 8 heteroatoms. The number of ether oxygens (including phenoxy) is 2. The Morgan fingerprint density at radius 2 is 1.32 bits per heavy atom. The topological polar surface area (TPSA) is 81.6 Å². The summed E-state index contributed by atoms with van der Waals surface area (Å²) in [5, 5.41) is 0. The molecule has 22 heavy (non-hydrogen) atoms. The van der Waals surface area contributed by atoms with Gasteiger partial charge in [-0.15, -0.1) is 4.90 Å². The summed E-state index contributed by atoms with van der Waals surface area (Å²) in [5.41, 5.74) is -1.53. The molecule has 0 aromatic carbocycles. The Balaban J connectivity index is 3.12. The molecule has 0 unspecified atom stereocenters. The lowest BCUT2D eigenvalue weighted by Gasteiger charge is -2.27. The summed E-state index contributed by atoms with van der Waals surface area (Å²) in [6.07, 6.45) is 1.21. The van der Waals surface area contributed by atoms with E-state index in [1.165, 1.54) is 12.4 Å². The Labute approximate surface area is 143 Å². The largest absolute Gasteiger partial charge is 0.443 e. The van der Waals surface area contributed by atoms with E-state index in [-0.39, 0.29) is 5.95 Å². The van der Waals surface area contributed by atoms with Crippen LogP contribution in [0, 0.1) is 3.57 Å². The number of anilines is 1. The SMILES string of the molecule is CC(C)(C)OC(=O)N(C(=O)OC(C)(C)C)c1ncc(I)cn1. The fraction of sp³-hybridized carbons (Fsp3) is 0.571. The van der Waals surface area contributed by atoms with Crippen molar-refractivity contribution < 1.29 is 19.1 Å². The van der Waals surface area contributed by atoms with Crippen LogP contribution in [0.3, 0.4) is 0 Å². The van der Waals surface area contributed by atoms with Crippen molar-refractivity contribution in [1.82, 2.24) is 9.97 Å². The van der Waals surface area contributed by atoms with Crippen molar-refractivity contribution in [2.45, 2.75) is 52.7 Å². The predicted molar refractivity (Wildman–Crippen MR) is 89.7 cm³/mol. The number of hydrogen-bond acceptors (Lipinski definition) is 6. The molecule has 2 amide bonds. The van der Waals surface area contributed by atoms with Gasteiger partial charge in [0.1, 0.15) is 11.2 Å². The van der Waals surface area contributed by atoms with E-state index >= 15 is 0 Å². The van der Waals surface area contributed by atoms with Crippen LogP contribution in [-0.2, 0) is 9.47 Å². The molecular weight excluding hydrogens is 401 g/mol. The second-order valence-corrected chi connectivity index (χ2v) is 7.74. The lowest BCUT2D eigenvalue weighted by atomic mass is 10.2. The molecular formula is C14H20IN3O4. The standard InChI is InChI=1S/C14H20IN3O4/c1-13(2,3)21-11(19)18(12(20)22-14(4,5)6)10-16-7-9(15)8-17-10/h7-8H,1-6H3. The Kier molecular flexibility index (Phi) is 5.71. The van der Waals surface area contributed by atoms with Gasteiger partial charge < -0.3 is 9.47 Å². The normalized spacial score (nSPS) is 11.8. The third-order valence-electron chi connectivity index (χ3n) is 1.96. The summed E-state index contributed by atoms with van der Waals surface area (Å²) in [6.45, 7) is 10.2. The number of carbonyl (C=O) groups is 2. The minimum Gasteiger partial charge on any atom is -0.443 e. The summed E-state index contributed by atoms with van der Waals surface area (Å²) < 4.78 is 11.2. The molecule has 0 saturated carbocycles. The van der Waals surface area contributed by atoms with Crippen LogP contribution >= 0.6 is 22.6 Å². The number of aromatic nitrogens is 2. The van der Waals surface area contributed by atoms with Gasteiger partial charge in [0.25, 0.3) is 0 Å². The quantitative estimate of drug-likeness (QED) is 0.643. The van der Waals surface area contributed by atoms with Crippen molar-refractivity contribution in [2.24, 2.45) is 0 Å². The summed E-state index contributed by atoms with van der Waals surface area (Å²) in [6, 6.07) is 0. The van der Waals surface area contributed by atoms with Gasteiger partial charge in [0.15, 0.2) is 0 Å². The van der Waals surface area contributed by atoms with Gasteiger partial charge in [-0.3, -0.25) is 0 Å². The van der Waals surface area contributed by atoms with Gasteiger partial charge in [-0.25, -0.2) is 19.6 Å². The van der Waals surface area contributed by atoms with Crippen molar-refractivity contribution in [3.8, 4) is 0 Å². The van der Waals surface area contributed by atoms with E-state index in [0.717, 1.165) is 3.57 Å². The van der Waals surface area contributed by atoms with Gasteiger partial charge in [-0.05, 0) is 64.1 Å². The molecule has 1 heterocycles. The van der Waals surface area contributed by atoms with E-state index in [0.29, 0.717) is 4.90 Å². The first kappa shape index (κ1) is 18.6. The maximum Gasteiger partial charge on any atom is 0.427 e. The van der Waals surface area contributed by atoms with Gasteiger partial charge in [0.05, 0.1) is 0 Å². The van der Waals surface area contributed by atoms with Gasteiger partial charge in [0.2, 0.25) is 5.95 Å². The molecule has 0 N–H and O–H groups in total. The fourth-order valence-corrected chi connectivity index (χ4v) is 1.55. The average Bonchev–Trinajstić information content (AvgIpc) is 2.27. The minimum absolute atomic E-state index is 0.0936. The Morgan fingerprint density at radius 3 is 1.64 bits per heavy atom. The van der Waals surface area contributed by atoms with Crippen LogP contribution < -0.4 is 4.90 Å². The Bertz CT molecular complexity index is 519. The minimum atomic E-state index is -0.886. The lowest BCUT2D eigenvalue weighted by molar-refractivity contribution is 0.0427. The van der Waals surface area contributed by atoms with Crippen molar-refractivity contribution in [3.63, 3.8) is 0 Å². The molecule has 0 bridgehead atoms. The predicted octanol–water partition coefficient (Wildman–Crippen LogP) is 3.76. The first-order valence-corrected chi connectivity index (χ1v) is 7.70. The zero-order chi connectivity index (χ0) is 17.1. The molecule has 1 aromatic rings. The smallest absolute Gasteiger partial charge is 0.427 e. The van der Waals surface area contributed by atoms with E-state index < -0.39 is 23.4 Å². The number of hydrogen-bond donors (Lipinski definition) is 0. The molecule has 0 atom stereocenters. The first-order valence-electron chi connectivity index (χ1n) is 6.63. The number of amides is 2. The van der Waals surface area contributed by atoms with Crippen molar-refractivity contribution in [3.05, 3.63) is 16.0 Å². The van der Waals surface area contributed by atoms with Crippen LogP contribution in [0.25, 0.3) is 0 Å². The number of nitrogens with zero attached hydrogens (tertiary/aromatic N) is 3. The third-order valence-corrected chi connectivity index (χ3v) is 2.52. The van der Waals surface area contributed by atoms with Crippen LogP contribution in [0.15, 0.2) is 12.4 Å². The van der Waals surface area contributed by atoms with Crippen molar-refractivity contribution in [1.29, 1.82) is 0 Å². The maximum atomic E-state index is 12.3. The van der Waals surface area contributed by atoms with Crippen LogP contribution in [0.4, 0.5) is 15.5 Å². The molecule has 0 aliphatic carbocycles. The monoisotopic (exact) mass is 421 g/mol. The fourth-order valence-electron chi connectivity index (χ4n) is 1.27. The number of rotatable bonds is 1. The summed E-state index contributed by atoms with van der Waals surface area (Å²) in [4.78, 5) is 33.2. The van der Waals surface area contributed by atoms with E-state index in [1.54, 1.807) is 41.5 Å². The second-order valence-electron chi connectivity index (χ2n) is 6.50. The number of carbonyl (C=O) groups excluding carboxylic acids is 2. The highest BCUT2D eigenvalue weighted by molar-refractivity contribution is 14.1. The molecule has 122 valence electrons. The van der Waals surface area contributed by atoms with Gasteiger partial charge in [-0.1, -0.05) is 0 Å². The average molecular weight is 421 g/mol. The first-order chi connectivity index (χ1) is 9.89. The molecule has 1 rings (SSSR count). The highest BCUT2D eigenvalue weighted by atomic mass is 127. The van der Waals surface area contributed by atoms with Crippen LogP contribution in [0.5, 0.6) is 0 Å². The van der Waals surface area contributed by atoms with Gasteiger partial charge in [0, 0.05) is 16.0 Å². The van der Waals surface area contributed by atoms with Gasteiger partial charge in [-0.2, -0.15) is 0 Å². The maximum absolute atomic E-state index is 12.3. The molecule has 0 spiro atoms. The second kappa shape index (κ2) is 6.76. The van der Waals surface area contributed by atoms with Gasteiger partial charge >= 0.3 is 12.2 Å². The molecule has 0 fully saturated rings. The van der Waals surface area contributed by atoms with E-state index in [1.807, 2.05) is 22.6 Å². The highest BCUT2D eigenvalue weighted by Crippen LogP contribution is 2.18. The molecule has 0 aliphatic heterocycles. The van der Waals surface area contributed by atoms with Crippen molar-refractivity contribution >= 4 is 40.7 Å². The summed E-state index contributed by atoms with van der Waals surface area (Å²) >= 11 is 2.02. The summed E-state index contributed by atoms with van der Waals surface area (Å²) in [5.74, 6) is -0.0936. The lowest BCUT2D eigenvalue weighted by Crippen LogP contribution is -2.44. The molecule has 0 radical (unpaired) electrons. The van der Waals surface area contributed by atoms with Crippen molar-refractivity contribution in [2.75, 3.05) is 4.90 Å². The zero-order valence-electron chi connectivity index (χ0n) is 13.5. The number of imide groups is 1. The molecule has 1 aromatic heterocycles.